The largest absolute Gasteiger partial charge is 0.480 e. The van der Waals surface area contributed by atoms with Crippen LogP contribution in [0.15, 0.2) is 28.7 Å². The van der Waals surface area contributed by atoms with E-state index in [0.29, 0.717) is 10.0 Å². The van der Waals surface area contributed by atoms with E-state index in [2.05, 4.69) is 26.6 Å². The summed E-state index contributed by atoms with van der Waals surface area (Å²) >= 11 is 3.22. The molecule has 0 aliphatic carbocycles. The van der Waals surface area contributed by atoms with E-state index in [1.54, 1.807) is 24.3 Å². The molecule has 0 saturated carbocycles. The average Bonchev–Trinajstić information content (AvgIpc) is 2.36. The fourth-order valence-corrected chi connectivity index (χ4v) is 1.72. The maximum absolute atomic E-state index is 11.8. The van der Waals surface area contributed by atoms with E-state index in [0.717, 1.165) is 0 Å². The van der Waals surface area contributed by atoms with Gasteiger partial charge in [0.15, 0.2) is 0 Å². The minimum absolute atomic E-state index is 0.280. The number of hydrogen-bond acceptors (Lipinski definition) is 3. The van der Waals surface area contributed by atoms with Crippen molar-refractivity contribution in [1.82, 2.24) is 10.6 Å². The molecule has 0 spiro atoms. The van der Waals surface area contributed by atoms with Gasteiger partial charge in [0.25, 0.3) is 5.91 Å². The second-order valence-corrected chi connectivity index (χ2v) is 4.64. The summed E-state index contributed by atoms with van der Waals surface area (Å²) in [5, 5.41) is 13.3. The van der Waals surface area contributed by atoms with Gasteiger partial charge >= 0.3 is 5.97 Å². The summed E-state index contributed by atoms with van der Waals surface area (Å²) in [5.74, 6) is -2.11. The van der Waals surface area contributed by atoms with Crippen LogP contribution in [-0.4, -0.2) is 35.5 Å². The molecule has 0 fully saturated rings. The molecule has 0 bridgehead atoms. The molecule has 19 heavy (non-hydrogen) atoms. The molecule has 0 aliphatic heterocycles. The monoisotopic (exact) mass is 328 g/mol. The second-order valence-electron chi connectivity index (χ2n) is 3.79. The van der Waals surface area contributed by atoms with Crippen molar-refractivity contribution in [1.29, 1.82) is 0 Å². The maximum atomic E-state index is 11.8. The summed E-state index contributed by atoms with van der Waals surface area (Å²) in [6.45, 7) is 1.06. The van der Waals surface area contributed by atoms with Crippen LogP contribution in [0.1, 0.15) is 17.3 Å². The minimum Gasteiger partial charge on any atom is -0.480 e. The Morgan fingerprint density at radius 1 is 1.32 bits per heavy atom. The summed E-state index contributed by atoms with van der Waals surface area (Å²) in [6.07, 6.45) is 0. The maximum Gasteiger partial charge on any atom is 0.325 e. The summed E-state index contributed by atoms with van der Waals surface area (Å²) in [6, 6.07) is 5.79. The Hall–Kier alpha value is -1.89. The Labute approximate surface area is 118 Å². The quantitative estimate of drug-likeness (QED) is 0.743. The first-order valence-electron chi connectivity index (χ1n) is 5.46. The van der Waals surface area contributed by atoms with Crippen molar-refractivity contribution in [3.63, 3.8) is 0 Å². The van der Waals surface area contributed by atoms with Crippen LogP contribution in [0.4, 0.5) is 0 Å². The molecule has 7 heteroatoms. The van der Waals surface area contributed by atoms with Gasteiger partial charge in [0.05, 0.1) is 12.1 Å². The SMILES string of the molecule is C[C@H](NC(=O)CNC(=O)c1ccccc1Br)C(=O)O. The highest BCUT2D eigenvalue weighted by molar-refractivity contribution is 9.10. The van der Waals surface area contributed by atoms with E-state index in [1.807, 2.05) is 0 Å². The van der Waals surface area contributed by atoms with Gasteiger partial charge in [-0.15, -0.1) is 0 Å². The minimum atomic E-state index is -1.13. The van der Waals surface area contributed by atoms with Crippen LogP contribution in [0.3, 0.4) is 0 Å². The smallest absolute Gasteiger partial charge is 0.325 e. The summed E-state index contributed by atoms with van der Waals surface area (Å²) in [7, 11) is 0. The Balaban J connectivity index is 2.49. The van der Waals surface area contributed by atoms with Crippen molar-refractivity contribution in [2.75, 3.05) is 6.54 Å². The first kappa shape index (κ1) is 15.2. The number of hydrogen-bond donors (Lipinski definition) is 3. The third-order valence-electron chi connectivity index (χ3n) is 2.28. The lowest BCUT2D eigenvalue weighted by atomic mass is 10.2. The standard InChI is InChI=1S/C12H13BrN2O4/c1-7(12(18)19)15-10(16)6-14-11(17)8-4-2-3-5-9(8)13/h2-5,7H,6H2,1H3,(H,14,17)(H,15,16)(H,18,19)/t7-/m0/s1. The molecule has 6 nitrogen and oxygen atoms in total. The number of carboxylic acid groups (broad SMARTS) is 1. The third-order valence-corrected chi connectivity index (χ3v) is 2.97. The van der Waals surface area contributed by atoms with E-state index >= 15 is 0 Å². The Morgan fingerprint density at radius 2 is 1.95 bits per heavy atom. The topological polar surface area (TPSA) is 95.5 Å². The van der Waals surface area contributed by atoms with Gasteiger partial charge in [-0.25, -0.2) is 0 Å². The highest BCUT2D eigenvalue weighted by Crippen LogP contribution is 2.15. The Morgan fingerprint density at radius 3 is 2.53 bits per heavy atom. The van der Waals surface area contributed by atoms with Crippen LogP contribution in [0.2, 0.25) is 0 Å². The molecule has 0 saturated heterocycles. The van der Waals surface area contributed by atoms with E-state index < -0.39 is 23.8 Å². The highest BCUT2D eigenvalue weighted by Gasteiger charge is 2.15. The van der Waals surface area contributed by atoms with E-state index in [1.165, 1.54) is 6.92 Å². The van der Waals surface area contributed by atoms with Crippen molar-refractivity contribution >= 4 is 33.7 Å². The Bertz CT molecular complexity index is 504. The number of aliphatic carboxylic acids is 1. The number of halogens is 1. The summed E-state index contributed by atoms with van der Waals surface area (Å²) in [4.78, 5) is 33.7. The fourth-order valence-electron chi connectivity index (χ4n) is 1.26. The lowest BCUT2D eigenvalue weighted by Gasteiger charge is -2.10. The normalized spacial score (nSPS) is 11.5. The zero-order valence-corrected chi connectivity index (χ0v) is 11.7. The van der Waals surface area contributed by atoms with Crippen LogP contribution < -0.4 is 10.6 Å². The molecule has 0 aliphatic rings. The zero-order valence-electron chi connectivity index (χ0n) is 10.1. The van der Waals surface area contributed by atoms with Gasteiger partial charge in [0.1, 0.15) is 6.04 Å². The van der Waals surface area contributed by atoms with Crippen molar-refractivity contribution in [3.8, 4) is 0 Å². The fraction of sp³-hybridized carbons (Fsp3) is 0.250. The molecular weight excluding hydrogens is 316 g/mol. The zero-order chi connectivity index (χ0) is 14.4. The van der Waals surface area contributed by atoms with E-state index in [-0.39, 0.29) is 6.54 Å². The number of carbonyl (C=O) groups excluding carboxylic acids is 2. The lowest BCUT2D eigenvalue weighted by Crippen LogP contribution is -2.44. The number of nitrogens with one attached hydrogen (secondary N) is 2. The summed E-state index contributed by atoms with van der Waals surface area (Å²) in [5.41, 5.74) is 0.404. The first-order valence-corrected chi connectivity index (χ1v) is 6.26. The van der Waals surface area contributed by atoms with Crippen molar-refractivity contribution in [2.24, 2.45) is 0 Å². The van der Waals surface area contributed by atoms with Crippen molar-refractivity contribution in [3.05, 3.63) is 34.3 Å². The average molecular weight is 329 g/mol. The van der Waals surface area contributed by atoms with E-state index in [4.69, 9.17) is 5.11 Å². The number of amides is 2. The molecule has 3 N–H and O–H groups in total. The van der Waals surface area contributed by atoms with Crippen LogP contribution in [0.5, 0.6) is 0 Å². The van der Waals surface area contributed by atoms with Crippen LogP contribution in [-0.2, 0) is 9.59 Å². The van der Waals surface area contributed by atoms with Crippen LogP contribution in [0.25, 0.3) is 0 Å². The molecule has 1 aromatic rings. The summed E-state index contributed by atoms with van der Waals surface area (Å²) < 4.78 is 0.617. The van der Waals surface area contributed by atoms with Gasteiger partial charge in [-0.05, 0) is 35.0 Å². The number of carboxylic acids is 1. The first-order chi connectivity index (χ1) is 8.91. The predicted octanol–water partition coefficient (Wildman–Crippen LogP) is 0.768. The van der Waals surface area contributed by atoms with Crippen LogP contribution in [0, 0.1) is 0 Å². The van der Waals surface area contributed by atoms with Gasteiger partial charge in [0, 0.05) is 4.47 Å². The molecule has 0 aromatic heterocycles. The predicted molar refractivity (Wildman–Crippen MR) is 71.7 cm³/mol. The van der Waals surface area contributed by atoms with E-state index in [9.17, 15) is 14.4 Å². The molecule has 0 unspecified atom stereocenters. The third kappa shape index (κ3) is 4.70. The molecule has 1 aromatic carbocycles. The Kier molecular flexibility index (Phi) is 5.50. The van der Waals surface area contributed by atoms with Gasteiger partial charge in [-0.3, -0.25) is 14.4 Å². The van der Waals surface area contributed by atoms with Gasteiger partial charge in [0.2, 0.25) is 5.91 Å². The molecule has 1 rings (SSSR count). The van der Waals surface area contributed by atoms with Gasteiger partial charge in [-0.2, -0.15) is 0 Å². The van der Waals surface area contributed by atoms with Crippen molar-refractivity contribution < 1.29 is 19.5 Å². The van der Waals surface area contributed by atoms with Gasteiger partial charge in [-0.1, -0.05) is 12.1 Å². The number of rotatable bonds is 5. The van der Waals surface area contributed by atoms with Crippen LogP contribution >= 0.6 is 15.9 Å². The second kappa shape index (κ2) is 6.89. The van der Waals surface area contributed by atoms with Crippen molar-refractivity contribution in [2.45, 2.75) is 13.0 Å². The molecule has 0 radical (unpaired) electrons. The molecule has 1 atom stereocenters. The molecule has 102 valence electrons. The molecular formula is C12H13BrN2O4. The molecule has 0 heterocycles. The lowest BCUT2D eigenvalue weighted by molar-refractivity contribution is -0.141. The highest BCUT2D eigenvalue weighted by atomic mass is 79.9. The number of benzene rings is 1. The number of carbonyl (C=O) groups is 3. The molecule has 2 amide bonds. The van der Waals surface area contributed by atoms with Gasteiger partial charge < -0.3 is 15.7 Å².